The summed E-state index contributed by atoms with van der Waals surface area (Å²) in [4.78, 5) is 13.5. The minimum absolute atomic E-state index is 0.0148. The number of halogens is 1. The Kier molecular flexibility index (Phi) is 3.73. The van der Waals surface area contributed by atoms with Gasteiger partial charge in [0.05, 0.1) is 11.6 Å². The van der Waals surface area contributed by atoms with Gasteiger partial charge in [-0.25, -0.2) is 4.39 Å². The third-order valence-electron chi connectivity index (χ3n) is 3.32. The van der Waals surface area contributed by atoms with Crippen LogP contribution in [-0.4, -0.2) is 23.8 Å². The summed E-state index contributed by atoms with van der Waals surface area (Å²) in [6.45, 7) is 3.68. The summed E-state index contributed by atoms with van der Waals surface area (Å²) in [5.41, 5.74) is 0.989. The lowest BCUT2D eigenvalue weighted by Crippen LogP contribution is -2.39. The number of rotatable bonds is 2. The maximum Gasteiger partial charge on any atom is 0.138 e. The van der Waals surface area contributed by atoms with Crippen molar-refractivity contribution < 1.29 is 9.18 Å². The quantitative estimate of drug-likeness (QED) is 0.802. The maximum absolute atomic E-state index is 13.6. The highest BCUT2D eigenvalue weighted by Gasteiger charge is 2.23. The summed E-state index contributed by atoms with van der Waals surface area (Å²) in [7, 11) is 0. The van der Waals surface area contributed by atoms with Crippen LogP contribution in [0.15, 0.2) is 18.2 Å². The Bertz CT molecular complexity index is 507. The van der Waals surface area contributed by atoms with Crippen LogP contribution in [0, 0.1) is 23.1 Å². The molecule has 94 valence electrons. The van der Waals surface area contributed by atoms with Crippen molar-refractivity contribution in [3.05, 3.63) is 35.1 Å². The van der Waals surface area contributed by atoms with E-state index in [1.165, 1.54) is 12.1 Å². The first-order valence-electron chi connectivity index (χ1n) is 6.03. The Balaban J connectivity index is 2.10. The molecule has 0 bridgehead atoms. The lowest BCUT2D eigenvalue weighted by Gasteiger charge is -2.30. The van der Waals surface area contributed by atoms with Crippen molar-refractivity contribution in [1.29, 1.82) is 5.26 Å². The molecule has 1 aromatic carbocycles. The van der Waals surface area contributed by atoms with Crippen LogP contribution in [0.2, 0.25) is 0 Å². The first kappa shape index (κ1) is 12.7. The van der Waals surface area contributed by atoms with Gasteiger partial charge in [0.25, 0.3) is 0 Å². The van der Waals surface area contributed by atoms with Crippen molar-refractivity contribution in [2.24, 2.45) is 5.92 Å². The fraction of sp³-hybridized carbons (Fsp3) is 0.429. The van der Waals surface area contributed by atoms with E-state index in [0.717, 1.165) is 0 Å². The van der Waals surface area contributed by atoms with Crippen LogP contribution in [0.5, 0.6) is 0 Å². The van der Waals surface area contributed by atoms with Gasteiger partial charge < -0.3 is 0 Å². The molecule has 0 radical (unpaired) electrons. The maximum atomic E-state index is 13.6. The number of ketones is 1. The highest BCUT2D eigenvalue weighted by molar-refractivity contribution is 5.81. The van der Waals surface area contributed by atoms with Crippen LogP contribution in [0.1, 0.15) is 24.5 Å². The van der Waals surface area contributed by atoms with E-state index < -0.39 is 0 Å². The van der Waals surface area contributed by atoms with Gasteiger partial charge in [-0.1, -0.05) is 6.92 Å². The topological polar surface area (TPSA) is 44.1 Å². The van der Waals surface area contributed by atoms with E-state index in [0.29, 0.717) is 37.2 Å². The molecule has 18 heavy (non-hydrogen) atoms. The molecule has 0 N–H and O–H groups in total. The number of likely N-dealkylation sites (tertiary alicyclic amines) is 1. The monoisotopic (exact) mass is 246 g/mol. The summed E-state index contributed by atoms with van der Waals surface area (Å²) >= 11 is 0. The number of carbonyl (C=O) groups is 1. The van der Waals surface area contributed by atoms with Gasteiger partial charge in [-0.15, -0.1) is 0 Å². The van der Waals surface area contributed by atoms with Crippen LogP contribution >= 0.6 is 0 Å². The Morgan fingerprint density at radius 3 is 3.00 bits per heavy atom. The number of benzene rings is 1. The predicted molar refractivity (Wildman–Crippen MR) is 65.2 cm³/mol. The molecule has 0 aromatic heterocycles. The van der Waals surface area contributed by atoms with Crippen molar-refractivity contribution in [1.82, 2.24) is 4.90 Å². The summed E-state index contributed by atoms with van der Waals surface area (Å²) in [5, 5.41) is 8.80. The van der Waals surface area contributed by atoms with E-state index in [9.17, 15) is 9.18 Å². The normalized spacial score (nSPS) is 20.7. The van der Waals surface area contributed by atoms with Gasteiger partial charge in [0.1, 0.15) is 11.6 Å². The van der Waals surface area contributed by atoms with E-state index in [-0.39, 0.29) is 17.5 Å². The zero-order valence-corrected chi connectivity index (χ0v) is 10.3. The van der Waals surface area contributed by atoms with Gasteiger partial charge in [0.2, 0.25) is 0 Å². The number of nitrogens with zero attached hydrogens (tertiary/aromatic N) is 2. The van der Waals surface area contributed by atoms with E-state index in [4.69, 9.17) is 5.26 Å². The smallest absolute Gasteiger partial charge is 0.138 e. The van der Waals surface area contributed by atoms with Crippen molar-refractivity contribution in [2.75, 3.05) is 13.1 Å². The van der Waals surface area contributed by atoms with Crippen molar-refractivity contribution in [3.8, 4) is 6.07 Å². The van der Waals surface area contributed by atoms with Crippen molar-refractivity contribution >= 4 is 5.78 Å². The van der Waals surface area contributed by atoms with Crippen LogP contribution in [-0.2, 0) is 11.3 Å². The first-order valence-corrected chi connectivity index (χ1v) is 6.03. The van der Waals surface area contributed by atoms with Crippen LogP contribution in [0.3, 0.4) is 0 Å². The lowest BCUT2D eigenvalue weighted by atomic mass is 9.98. The van der Waals surface area contributed by atoms with Crippen molar-refractivity contribution in [2.45, 2.75) is 19.9 Å². The molecule has 1 atom stereocenters. The molecule has 1 aromatic rings. The molecule has 1 aliphatic rings. The number of carbonyl (C=O) groups excluding carboxylic acids is 1. The molecule has 1 aliphatic heterocycles. The van der Waals surface area contributed by atoms with Gasteiger partial charge in [-0.05, 0) is 18.2 Å². The molecule has 2 rings (SSSR count). The second-order valence-electron chi connectivity index (χ2n) is 4.77. The predicted octanol–water partition coefficient (Wildman–Crippen LogP) is 2.11. The van der Waals surface area contributed by atoms with E-state index >= 15 is 0 Å². The molecule has 4 heteroatoms. The Morgan fingerprint density at radius 1 is 1.56 bits per heavy atom. The zero-order valence-electron chi connectivity index (χ0n) is 10.3. The molecule has 1 saturated heterocycles. The third-order valence-corrected chi connectivity index (χ3v) is 3.32. The van der Waals surface area contributed by atoms with E-state index in [2.05, 4.69) is 4.90 Å². The Morgan fingerprint density at radius 2 is 2.33 bits per heavy atom. The molecular formula is C14H15FN2O. The Hall–Kier alpha value is -1.73. The molecule has 0 aliphatic carbocycles. The fourth-order valence-corrected chi connectivity index (χ4v) is 2.25. The summed E-state index contributed by atoms with van der Waals surface area (Å²) in [6, 6.07) is 6.39. The number of nitriles is 1. The summed E-state index contributed by atoms with van der Waals surface area (Å²) in [6.07, 6.45) is 0.528. The van der Waals surface area contributed by atoms with Gasteiger partial charge in [0, 0.05) is 37.5 Å². The minimum atomic E-state index is -0.293. The molecule has 3 nitrogen and oxygen atoms in total. The van der Waals surface area contributed by atoms with Crippen LogP contribution < -0.4 is 0 Å². The number of hydrogen-bond donors (Lipinski definition) is 0. The van der Waals surface area contributed by atoms with Gasteiger partial charge in [-0.2, -0.15) is 5.26 Å². The third kappa shape index (κ3) is 2.74. The number of Topliss-reactive ketones (excluding diaryl/α,β-unsaturated/α-hetero) is 1. The summed E-state index contributed by atoms with van der Waals surface area (Å²) < 4.78 is 13.6. The first-order chi connectivity index (χ1) is 8.60. The Labute approximate surface area is 106 Å². The van der Waals surface area contributed by atoms with Crippen LogP contribution in [0.4, 0.5) is 4.39 Å². The SMILES string of the molecule is CC1CN(Cc2cc(C#N)ccc2F)CCC1=O. The average Bonchev–Trinajstić information content (AvgIpc) is 2.36. The molecule has 0 amide bonds. The van der Waals surface area contributed by atoms with E-state index in [1.807, 2.05) is 13.0 Å². The van der Waals surface area contributed by atoms with Gasteiger partial charge in [0.15, 0.2) is 0 Å². The fourth-order valence-electron chi connectivity index (χ4n) is 2.25. The lowest BCUT2D eigenvalue weighted by molar-refractivity contribution is -0.125. The van der Waals surface area contributed by atoms with Crippen LogP contribution in [0.25, 0.3) is 0 Å². The highest BCUT2D eigenvalue weighted by Crippen LogP contribution is 2.18. The molecule has 1 unspecified atom stereocenters. The number of piperidine rings is 1. The summed E-state index contributed by atoms with van der Waals surface area (Å²) in [5.74, 6) is -0.00277. The molecule has 0 saturated carbocycles. The average molecular weight is 246 g/mol. The van der Waals surface area contributed by atoms with Crippen molar-refractivity contribution in [3.63, 3.8) is 0 Å². The molecule has 1 fully saturated rings. The minimum Gasteiger partial charge on any atom is -0.299 e. The second kappa shape index (κ2) is 5.28. The van der Waals surface area contributed by atoms with Gasteiger partial charge in [-0.3, -0.25) is 9.69 Å². The molecular weight excluding hydrogens is 231 g/mol. The van der Waals surface area contributed by atoms with E-state index in [1.54, 1.807) is 6.07 Å². The number of hydrogen-bond acceptors (Lipinski definition) is 3. The largest absolute Gasteiger partial charge is 0.299 e. The second-order valence-corrected chi connectivity index (χ2v) is 4.77. The molecule has 1 heterocycles. The highest BCUT2D eigenvalue weighted by atomic mass is 19.1. The standard InChI is InChI=1S/C14H15FN2O/c1-10-8-17(5-4-14(10)18)9-12-6-11(7-16)2-3-13(12)15/h2-3,6,10H,4-5,8-9H2,1H3. The zero-order chi connectivity index (χ0) is 13.1. The molecule has 0 spiro atoms. The van der Waals surface area contributed by atoms with Gasteiger partial charge >= 0.3 is 0 Å².